The van der Waals surface area contributed by atoms with Crippen molar-refractivity contribution in [3.8, 4) is 0 Å². The van der Waals surface area contributed by atoms with E-state index < -0.39 is 9.57 Å². The van der Waals surface area contributed by atoms with Gasteiger partial charge in [0.15, 0.2) is 0 Å². The molecule has 0 heterocycles. The molecular formula is C25H48N2O6. The van der Waals surface area contributed by atoms with Crippen LogP contribution in [0.2, 0.25) is 0 Å². The summed E-state index contributed by atoms with van der Waals surface area (Å²) in [6.45, 7) is 6.49. The molecule has 194 valence electrons. The minimum absolute atomic E-state index is 0.196. The molecule has 0 aromatic heterocycles. The largest absolute Gasteiger partial charge is 0.356 e. The van der Waals surface area contributed by atoms with Gasteiger partial charge in [0.05, 0.1) is 31.4 Å². The van der Waals surface area contributed by atoms with E-state index in [1.54, 1.807) is 7.05 Å². The Morgan fingerprint density at radius 3 is 0.970 bits per heavy atom. The van der Waals surface area contributed by atoms with Gasteiger partial charge in [-0.1, -0.05) is 97.8 Å². The Morgan fingerprint density at radius 2 is 0.758 bits per heavy atom. The quantitative estimate of drug-likeness (QED) is 0.0931. The third-order valence-electron chi connectivity index (χ3n) is 5.98. The molecule has 0 atom stereocenters. The van der Waals surface area contributed by atoms with Crippen molar-refractivity contribution in [3.05, 3.63) is 15.3 Å². The van der Waals surface area contributed by atoms with Gasteiger partial charge in [0.25, 0.3) is 0 Å². The highest BCUT2D eigenvalue weighted by molar-refractivity contribution is 5.97. The van der Waals surface area contributed by atoms with Gasteiger partial charge < -0.3 is 15.3 Å². The summed E-state index contributed by atoms with van der Waals surface area (Å²) in [5.74, 6) is -0.587. The molecule has 8 nitrogen and oxygen atoms in total. The van der Waals surface area contributed by atoms with Gasteiger partial charge in [-0.25, -0.2) is 14.4 Å². The summed E-state index contributed by atoms with van der Waals surface area (Å²) in [7, 11) is 1.57. The fraction of sp³-hybridized carbons (Fsp3) is 0.880. The Bertz CT molecular complexity index is 482. The number of nitrogens with zero attached hydrogens (tertiary/aromatic N) is 2. The summed E-state index contributed by atoms with van der Waals surface area (Å²) in [4.78, 5) is 47.2. The van der Waals surface area contributed by atoms with E-state index in [0.717, 1.165) is 77.0 Å². The van der Waals surface area contributed by atoms with Crippen LogP contribution in [-0.4, -0.2) is 34.3 Å². The van der Waals surface area contributed by atoms with E-state index in [1.807, 2.05) is 0 Å². The molecule has 0 saturated heterocycles. The number of unbranched alkanes of at least 4 members (excludes halogenated alkanes) is 12. The molecule has 0 N–H and O–H groups in total. The smallest absolute Gasteiger partial charge is 0.328 e. The van der Waals surface area contributed by atoms with Crippen LogP contribution in [0.4, 0.5) is 0 Å². The third kappa shape index (κ3) is 17.3. The fourth-order valence-corrected chi connectivity index (χ4v) is 3.73. The molecule has 0 unspecified atom stereocenters. The summed E-state index contributed by atoms with van der Waals surface area (Å²) in [6, 6.07) is 0. The zero-order valence-electron chi connectivity index (χ0n) is 21.6. The van der Waals surface area contributed by atoms with Gasteiger partial charge in [0.1, 0.15) is 0 Å². The number of carbonyl (C=O) groups excluding carboxylic acids is 3. The van der Waals surface area contributed by atoms with Gasteiger partial charge in [0, 0.05) is 0 Å². The number of rotatable bonds is 18. The molecule has 8 heteroatoms. The van der Waals surface area contributed by atoms with Crippen LogP contribution >= 0.6 is 0 Å². The topological polar surface area (TPSA) is 117 Å². The van der Waals surface area contributed by atoms with Crippen molar-refractivity contribution in [1.29, 1.82) is 0 Å². The molecule has 33 heavy (non-hydrogen) atoms. The highest BCUT2D eigenvalue weighted by atomic mass is 16.9. The van der Waals surface area contributed by atoms with Gasteiger partial charge in [-0.05, 0) is 19.3 Å². The first-order chi connectivity index (χ1) is 15.7. The van der Waals surface area contributed by atoms with Crippen LogP contribution in [-0.2, 0) is 14.4 Å². The molecule has 0 rings (SSSR count). The Labute approximate surface area is 200 Å². The number of imide groups is 3. The molecule has 0 aliphatic heterocycles. The second kappa shape index (κ2) is 22.0. The van der Waals surface area contributed by atoms with Crippen molar-refractivity contribution >= 4 is 17.7 Å². The van der Waals surface area contributed by atoms with Gasteiger partial charge in [0.2, 0.25) is 0 Å². The van der Waals surface area contributed by atoms with Crippen LogP contribution in [0, 0.1) is 15.3 Å². The third-order valence-corrected chi connectivity index (χ3v) is 5.98. The second-order valence-corrected chi connectivity index (χ2v) is 8.90. The standard InChI is InChI=1S/C25H48NO3.NO3/c1-5-8-11-14-17-20-23(27)26(4,24(28)21-18-15-12-9-6-2)25(29)22-19-16-13-10-7-3;2-1(3)4/h5-22H2,1-4H3;/q+1;-1. The average molecular weight is 473 g/mol. The minimum atomic E-state index is -1.75. The first-order valence-electron chi connectivity index (χ1n) is 13.0. The minimum Gasteiger partial charge on any atom is -0.356 e. The average Bonchev–Trinajstić information content (AvgIpc) is 2.77. The highest BCUT2D eigenvalue weighted by Crippen LogP contribution is 2.20. The number of hydrogen-bond acceptors (Lipinski definition) is 6. The van der Waals surface area contributed by atoms with Crippen molar-refractivity contribution in [2.45, 2.75) is 136 Å². The Kier molecular flexibility index (Phi) is 22.2. The maximum atomic E-state index is 13.0. The fourth-order valence-electron chi connectivity index (χ4n) is 3.73. The van der Waals surface area contributed by atoms with E-state index in [-0.39, 0.29) is 17.7 Å². The molecule has 0 radical (unpaired) electrons. The van der Waals surface area contributed by atoms with E-state index in [1.165, 1.54) is 19.3 Å². The van der Waals surface area contributed by atoms with E-state index in [9.17, 15) is 14.4 Å². The Balaban J connectivity index is 0. The summed E-state index contributed by atoms with van der Waals surface area (Å²) in [6.07, 6.45) is 16.7. The zero-order valence-corrected chi connectivity index (χ0v) is 21.6. The first-order valence-corrected chi connectivity index (χ1v) is 13.0. The lowest BCUT2D eigenvalue weighted by Crippen LogP contribution is -2.57. The van der Waals surface area contributed by atoms with Crippen LogP contribution in [0.5, 0.6) is 0 Å². The van der Waals surface area contributed by atoms with Gasteiger partial charge in [-0.2, -0.15) is 0 Å². The van der Waals surface area contributed by atoms with E-state index in [4.69, 9.17) is 15.3 Å². The van der Waals surface area contributed by atoms with E-state index in [0.29, 0.717) is 19.3 Å². The van der Waals surface area contributed by atoms with Crippen molar-refractivity contribution in [1.82, 2.24) is 0 Å². The molecule has 0 fully saturated rings. The predicted octanol–water partition coefficient (Wildman–Crippen LogP) is 6.86. The number of carbonyl (C=O) groups is 3. The molecule has 0 aromatic rings. The van der Waals surface area contributed by atoms with Crippen LogP contribution in [0.25, 0.3) is 0 Å². The summed E-state index contributed by atoms with van der Waals surface area (Å²) in [5, 5.41) is 14.8. The molecule has 0 aliphatic rings. The molecule has 3 amide bonds. The lowest BCUT2D eigenvalue weighted by molar-refractivity contribution is -0.681. The number of hydrogen-bond donors (Lipinski definition) is 0. The zero-order chi connectivity index (χ0) is 25.5. The van der Waals surface area contributed by atoms with Gasteiger partial charge in [-0.3, -0.25) is 0 Å². The molecule has 0 spiro atoms. The Morgan fingerprint density at radius 1 is 0.545 bits per heavy atom. The lowest BCUT2D eigenvalue weighted by Gasteiger charge is -2.26. The van der Waals surface area contributed by atoms with Crippen LogP contribution < -0.4 is 0 Å². The lowest BCUT2D eigenvalue weighted by atomic mass is 10.1. The second-order valence-electron chi connectivity index (χ2n) is 8.90. The van der Waals surface area contributed by atoms with Gasteiger partial charge in [-0.15, -0.1) is 4.48 Å². The molecule has 0 aromatic carbocycles. The molecular weight excluding hydrogens is 424 g/mol. The van der Waals surface area contributed by atoms with Crippen molar-refractivity contribution in [3.63, 3.8) is 0 Å². The van der Waals surface area contributed by atoms with Crippen LogP contribution in [0.15, 0.2) is 0 Å². The summed E-state index contributed by atoms with van der Waals surface area (Å²) >= 11 is 0. The first kappa shape index (κ1) is 33.3. The predicted molar refractivity (Wildman–Crippen MR) is 132 cm³/mol. The van der Waals surface area contributed by atoms with E-state index >= 15 is 0 Å². The SMILES string of the molecule is CCCCCCCC(=O)[N+](C)(C(=O)CCCCCCC)C(=O)CCCCCCC.O=[N+]([O-])[O-]. The van der Waals surface area contributed by atoms with Crippen LogP contribution in [0.3, 0.4) is 0 Å². The summed E-state index contributed by atoms with van der Waals surface area (Å²) in [5.41, 5.74) is 0. The number of amides is 3. The highest BCUT2D eigenvalue weighted by Gasteiger charge is 2.45. The van der Waals surface area contributed by atoms with Crippen molar-refractivity contribution < 1.29 is 24.0 Å². The normalized spacial score (nSPS) is 10.9. The van der Waals surface area contributed by atoms with Gasteiger partial charge >= 0.3 is 17.7 Å². The van der Waals surface area contributed by atoms with E-state index in [2.05, 4.69) is 20.8 Å². The molecule has 0 aliphatic carbocycles. The summed E-state index contributed by atoms with van der Waals surface area (Å²) < 4.78 is -0.602. The number of quaternary nitrogens is 1. The maximum Gasteiger partial charge on any atom is 0.328 e. The monoisotopic (exact) mass is 472 g/mol. The molecule has 0 saturated carbocycles. The Hall–Kier alpha value is -1.83. The van der Waals surface area contributed by atoms with Crippen molar-refractivity contribution in [2.75, 3.05) is 7.05 Å². The molecule has 0 bridgehead atoms. The van der Waals surface area contributed by atoms with Crippen LogP contribution in [0.1, 0.15) is 136 Å². The van der Waals surface area contributed by atoms with Crippen molar-refractivity contribution in [2.24, 2.45) is 0 Å². The maximum absolute atomic E-state index is 13.0.